The summed E-state index contributed by atoms with van der Waals surface area (Å²) in [4.78, 5) is 22.3. The lowest BCUT2D eigenvalue weighted by molar-refractivity contribution is -0.144. The summed E-state index contributed by atoms with van der Waals surface area (Å²) in [5.41, 5.74) is 0. The first-order valence-corrected chi connectivity index (χ1v) is 6.40. The van der Waals surface area contributed by atoms with Gasteiger partial charge in [-0.2, -0.15) is 11.8 Å². The van der Waals surface area contributed by atoms with Crippen LogP contribution >= 0.6 is 11.8 Å². The molecule has 0 aliphatic carbocycles. The number of aliphatic hydroxyl groups excluding tert-OH is 2. The summed E-state index contributed by atoms with van der Waals surface area (Å²) in [6.45, 7) is 1.27. The Bertz CT molecular complexity index is 249. The van der Waals surface area contributed by atoms with E-state index in [9.17, 15) is 9.59 Å². The fraction of sp³-hybridized carbons (Fsp3) is 0.800. The van der Waals surface area contributed by atoms with Crippen LogP contribution in [0.1, 0.15) is 13.3 Å². The third kappa shape index (κ3) is 8.00. The molecule has 0 aromatic carbocycles. The monoisotopic (exact) mass is 265 g/mol. The molecule has 0 aliphatic rings. The van der Waals surface area contributed by atoms with Crippen molar-refractivity contribution in [3.8, 4) is 0 Å². The van der Waals surface area contributed by atoms with Crippen LogP contribution in [0.5, 0.6) is 0 Å². The topological polar surface area (TPSA) is 95.9 Å². The van der Waals surface area contributed by atoms with Crippen molar-refractivity contribution in [3.63, 3.8) is 0 Å². The number of ether oxygens (including phenoxy) is 1. The Hall–Kier alpha value is -0.790. The molecule has 0 rings (SSSR count). The smallest absolute Gasteiger partial charge is 0.328 e. The van der Waals surface area contributed by atoms with Gasteiger partial charge in [0.05, 0.1) is 19.8 Å². The number of rotatable bonds is 8. The molecule has 3 N–H and O–H groups in total. The van der Waals surface area contributed by atoms with E-state index in [2.05, 4.69) is 10.1 Å². The van der Waals surface area contributed by atoms with Crippen molar-refractivity contribution in [3.05, 3.63) is 0 Å². The molecule has 0 saturated carbocycles. The van der Waals surface area contributed by atoms with Crippen LogP contribution in [0.4, 0.5) is 0 Å². The average Bonchev–Trinajstić information content (AvgIpc) is 2.32. The minimum absolute atomic E-state index is 0.242. The minimum Gasteiger partial charge on any atom is -0.467 e. The number of carbonyl (C=O) groups is 2. The minimum atomic E-state index is -0.753. The van der Waals surface area contributed by atoms with Crippen LogP contribution in [0.2, 0.25) is 0 Å². The first kappa shape index (κ1) is 16.2. The van der Waals surface area contributed by atoms with E-state index in [1.54, 1.807) is 6.92 Å². The number of aliphatic hydroxyl groups is 2. The Kier molecular flexibility index (Phi) is 8.83. The molecule has 0 aromatic heterocycles. The van der Waals surface area contributed by atoms with E-state index in [1.165, 1.54) is 18.9 Å². The molecule has 0 fully saturated rings. The van der Waals surface area contributed by atoms with Gasteiger partial charge in [-0.25, -0.2) is 4.79 Å². The number of hydrogen-bond acceptors (Lipinski definition) is 6. The van der Waals surface area contributed by atoms with Crippen LogP contribution < -0.4 is 5.32 Å². The fourth-order valence-electron chi connectivity index (χ4n) is 0.986. The van der Waals surface area contributed by atoms with Crippen LogP contribution in [0, 0.1) is 0 Å². The van der Waals surface area contributed by atoms with Gasteiger partial charge in [0.1, 0.15) is 6.04 Å². The van der Waals surface area contributed by atoms with Crippen molar-refractivity contribution in [2.75, 3.05) is 25.2 Å². The molecule has 1 unspecified atom stereocenters. The number of methoxy groups -OCH3 is 1. The molecule has 6 nitrogen and oxygen atoms in total. The third-order valence-corrected chi connectivity index (χ3v) is 3.04. The van der Waals surface area contributed by atoms with E-state index in [0.29, 0.717) is 11.5 Å². The molecule has 0 heterocycles. The lowest BCUT2D eigenvalue weighted by atomic mass is 10.3. The molecule has 17 heavy (non-hydrogen) atoms. The maximum atomic E-state index is 11.3. The molecule has 0 aliphatic heterocycles. The first-order chi connectivity index (χ1) is 8.01. The number of nitrogens with one attached hydrogen (secondary N) is 1. The number of hydrogen-bond donors (Lipinski definition) is 3. The normalized spacial score (nSPS) is 13.9. The summed E-state index contributed by atoms with van der Waals surface area (Å²) in [6.07, 6.45) is -0.499. The summed E-state index contributed by atoms with van der Waals surface area (Å²) in [5.74, 6) is 0.184. The maximum absolute atomic E-state index is 11.3. The second-order valence-corrected chi connectivity index (χ2v) is 4.62. The van der Waals surface area contributed by atoms with Gasteiger partial charge < -0.3 is 20.3 Å². The number of thioether (sulfide) groups is 1. The Morgan fingerprint density at radius 1 is 1.47 bits per heavy atom. The van der Waals surface area contributed by atoms with Gasteiger partial charge in [0.25, 0.3) is 0 Å². The van der Waals surface area contributed by atoms with Gasteiger partial charge in [0.2, 0.25) is 5.91 Å². The van der Waals surface area contributed by atoms with E-state index in [-0.39, 0.29) is 18.9 Å². The summed E-state index contributed by atoms with van der Waals surface area (Å²) >= 11 is 1.37. The molecule has 1 amide bonds. The predicted octanol–water partition coefficient (Wildman–Crippen LogP) is -0.859. The maximum Gasteiger partial charge on any atom is 0.328 e. The van der Waals surface area contributed by atoms with Crippen LogP contribution in [-0.2, 0) is 14.3 Å². The Balaban J connectivity index is 3.63. The molecule has 0 spiro atoms. The zero-order valence-corrected chi connectivity index (χ0v) is 10.8. The molecule has 0 saturated heterocycles. The Morgan fingerprint density at radius 3 is 2.65 bits per heavy atom. The molecule has 2 atom stereocenters. The highest BCUT2D eigenvalue weighted by molar-refractivity contribution is 7.99. The van der Waals surface area contributed by atoms with Crippen LogP contribution in [-0.4, -0.2) is 59.5 Å². The molecule has 0 aromatic rings. The second-order valence-electron chi connectivity index (χ2n) is 3.47. The van der Waals surface area contributed by atoms with Crippen LogP contribution in [0.3, 0.4) is 0 Å². The van der Waals surface area contributed by atoms with Gasteiger partial charge in [-0.1, -0.05) is 0 Å². The number of esters is 1. The highest BCUT2D eigenvalue weighted by Crippen LogP contribution is 2.04. The van der Waals surface area contributed by atoms with Crippen molar-refractivity contribution in [1.82, 2.24) is 5.32 Å². The van der Waals surface area contributed by atoms with Crippen molar-refractivity contribution >= 4 is 23.6 Å². The van der Waals surface area contributed by atoms with Gasteiger partial charge >= 0.3 is 5.97 Å². The quantitative estimate of drug-likeness (QED) is 0.390. The van der Waals surface area contributed by atoms with E-state index in [0.717, 1.165) is 0 Å². The van der Waals surface area contributed by atoms with E-state index in [4.69, 9.17) is 10.2 Å². The van der Waals surface area contributed by atoms with E-state index in [1.807, 2.05) is 0 Å². The number of amides is 1. The standard InChI is InChI=1S/C10H19NO5S/c1-7(10(15)16-2)11-9(14)3-4-17-6-8(13)5-12/h7-8,12-13H,3-6H2,1-2H3,(H,11,14)/t7-,8?/m0/s1. The van der Waals surface area contributed by atoms with Gasteiger partial charge in [-0.3, -0.25) is 4.79 Å². The van der Waals surface area contributed by atoms with Crippen LogP contribution in [0.15, 0.2) is 0 Å². The Labute approximate surface area is 105 Å². The van der Waals surface area contributed by atoms with Crippen molar-refractivity contribution in [1.29, 1.82) is 0 Å². The molecule has 100 valence electrons. The Morgan fingerprint density at radius 2 is 2.12 bits per heavy atom. The first-order valence-electron chi connectivity index (χ1n) is 5.25. The zero-order chi connectivity index (χ0) is 13.3. The summed E-state index contributed by atoms with van der Waals surface area (Å²) < 4.78 is 4.46. The molecular weight excluding hydrogens is 246 g/mol. The molecule has 0 bridgehead atoms. The molecule has 0 radical (unpaired) electrons. The summed E-state index contributed by atoms with van der Waals surface area (Å²) in [5, 5.41) is 20.1. The molecular formula is C10H19NO5S. The average molecular weight is 265 g/mol. The SMILES string of the molecule is COC(=O)[C@H](C)NC(=O)CCSCC(O)CO. The van der Waals surface area contributed by atoms with E-state index >= 15 is 0 Å². The van der Waals surface area contributed by atoms with Crippen LogP contribution in [0.25, 0.3) is 0 Å². The highest BCUT2D eigenvalue weighted by atomic mass is 32.2. The van der Waals surface area contributed by atoms with Gasteiger partial charge in [-0.05, 0) is 6.92 Å². The zero-order valence-electron chi connectivity index (χ0n) is 10.0. The largest absolute Gasteiger partial charge is 0.467 e. The van der Waals surface area contributed by atoms with Crippen molar-refractivity contribution < 1.29 is 24.5 Å². The fourth-order valence-corrected chi connectivity index (χ4v) is 1.86. The lowest BCUT2D eigenvalue weighted by Crippen LogP contribution is -2.39. The van der Waals surface area contributed by atoms with Gasteiger partial charge in [0.15, 0.2) is 0 Å². The highest BCUT2D eigenvalue weighted by Gasteiger charge is 2.15. The third-order valence-electron chi connectivity index (χ3n) is 1.93. The van der Waals surface area contributed by atoms with E-state index < -0.39 is 18.1 Å². The summed E-state index contributed by atoms with van der Waals surface area (Å²) in [6, 6.07) is -0.652. The molecule has 7 heteroatoms. The number of carbonyl (C=O) groups excluding carboxylic acids is 2. The lowest BCUT2D eigenvalue weighted by Gasteiger charge is -2.11. The van der Waals surface area contributed by atoms with Gasteiger partial charge in [0, 0.05) is 17.9 Å². The summed E-state index contributed by atoms with van der Waals surface area (Å²) in [7, 11) is 1.26. The van der Waals surface area contributed by atoms with Gasteiger partial charge in [-0.15, -0.1) is 0 Å². The second kappa shape index (κ2) is 9.26. The predicted molar refractivity (Wildman–Crippen MR) is 64.7 cm³/mol. The van der Waals surface area contributed by atoms with Crippen molar-refractivity contribution in [2.24, 2.45) is 0 Å². The van der Waals surface area contributed by atoms with Crippen molar-refractivity contribution in [2.45, 2.75) is 25.5 Å².